The van der Waals surface area contributed by atoms with Crippen LogP contribution in [0.15, 0.2) is 70.2 Å². The maximum Gasteiger partial charge on any atom is 0.193 e. The number of benzene rings is 2. The lowest BCUT2D eigenvalue weighted by Crippen LogP contribution is -2.22. The Labute approximate surface area is 163 Å². The molecule has 0 aliphatic carbocycles. The number of hydrogen-bond acceptors (Lipinski definition) is 4. The Hall–Kier alpha value is -2.55. The number of halogens is 1. The lowest BCUT2D eigenvalue weighted by molar-refractivity contribution is 0.417. The van der Waals surface area contributed by atoms with E-state index in [4.69, 9.17) is 15.0 Å². The van der Waals surface area contributed by atoms with E-state index in [0.29, 0.717) is 23.7 Å². The summed E-state index contributed by atoms with van der Waals surface area (Å²) in [6.07, 6.45) is 0. The predicted molar refractivity (Wildman–Crippen MR) is 109 cm³/mol. The molecule has 130 valence electrons. The lowest BCUT2D eigenvalue weighted by Gasteiger charge is -2.09. The number of guanidine groups is 1. The molecule has 3 aromatic rings. The summed E-state index contributed by atoms with van der Waals surface area (Å²) in [6, 6.07) is 19.1. The Morgan fingerprint density at radius 3 is 2.64 bits per heavy atom. The molecule has 0 fully saturated rings. The van der Waals surface area contributed by atoms with Crippen molar-refractivity contribution in [2.75, 3.05) is 12.4 Å². The summed E-state index contributed by atoms with van der Waals surface area (Å²) in [4.78, 5) is 4.28. The average molecular weight is 450 g/mol. The van der Waals surface area contributed by atoms with Crippen molar-refractivity contribution in [1.29, 1.82) is 0 Å². The van der Waals surface area contributed by atoms with Crippen LogP contribution in [0, 0.1) is 0 Å². The van der Waals surface area contributed by atoms with Crippen LogP contribution in [0.2, 0.25) is 0 Å². The van der Waals surface area contributed by atoms with Crippen LogP contribution in [-0.2, 0) is 6.54 Å². The highest BCUT2D eigenvalue weighted by atomic mass is 127. The van der Waals surface area contributed by atoms with Crippen molar-refractivity contribution in [1.82, 2.24) is 5.16 Å². The first-order valence-corrected chi connectivity index (χ1v) is 7.47. The van der Waals surface area contributed by atoms with Crippen LogP contribution < -0.4 is 15.8 Å². The summed E-state index contributed by atoms with van der Waals surface area (Å²) in [5, 5.41) is 7.03. The van der Waals surface area contributed by atoms with Crippen molar-refractivity contribution in [2.45, 2.75) is 6.54 Å². The van der Waals surface area contributed by atoms with Crippen molar-refractivity contribution >= 4 is 35.6 Å². The zero-order chi connectivity index (χ0) is 16.8. The van der Waals surface area contributed by atoms with Gasteiger partial charge in [-0.25, -0.2) is 4.99 Å². The SMILES string of the molecule is COc1ccccc1NC(N)=NCc1cc(-c2ccccc2)on1.I. The second-order valence-electron chi connectivity index (χ2n) is 5.08. The van der Waals surface area contributed by atoms with Crippen molar-refractivity contribution in [3.05, 3.63) is 66.4 Å². The van der Waals surface area contributed by atoms with Crippen LogP contribution in [0.4, 0.5) is 5.69 Å². The molecule has 1 heterocycles. The Morgan fingerprint density at radius 2 is 1.88 bits per heavy atom. The number of methoxy groups -OCH3 is 1. The smallest absolute Gasteiger partial charge is 0.193 e. The van der Waals surface area contributed by atoms with E-state index in [1.54, 1.807) is 7.11 Å². The van der Waals surface area contributed by atoms with E-state index in [-0.39, 0.29) is 29.9 Å². The highest BCUT2D eigenvalue weighted by Crippen LogP contribution is 2.23. The van der Waals surface area contributed by atoms with Gasteiger partial charge < -0.3 is 20.3 Å². The third kappa shape index (κ3) is 4.96. The predicted octanol–water partition coefficient (Wildman–Crippen LogP) is 3.90. The quantitative estimate of drug-likeness (QED) is 0.350. The molecule has 25 heavy (non-hydrogen) atoms. The molecule has 0 radical (unpaired) electrons. The molecule has 0 aliphatic heterocycles. The standard InChI is InChI=1S/C18H18N4O2.HI/c1-23-16-10-6-5-9-15(16)21-18(19)20-12-14-11-17(24-22-14)13-7-3-2-4-8-13;/h2-11H,12H2,1H3,(H3,19,20,21);1H. The Kier molecular flexibility index (Phi) is 6.81. The largest absolute Gasteiger partial charge is 0.495 e. The topological polar surface area (TPSA) is 85.7 Å². The first kappa shape index (κ1) is 18.8. The molecule has 0 amide bonds. The van der Waals surface area contributed by atoms with Gasteiger partial charge in [0.1, 0.15) is 11.4 Å². The van der Waals surface area contributed by atoms with E-state index in [2.05, 4.69) is 15.5 Å². The van der Waals surface area contributed by atoms with E-state index >= 15 is 0 Å². The molecular weight excluding hydrogens is 431 g/mol. The summed E-state index contributed by atoms with van der Waals surface area (Å²) in [6.45, 7) is 0.324. The number of aliphatic imine (C=N–C) groups is 1. The minimum atomic E-state index is 0. The molecule has 1 aromatic heterocycles. The molecule has 0 unspecified atom stereocenters. The minimum absolute atomic E-state index is 0. The summed E-state index contributed by atoms with van der Waals surface area (Å²) < 4.78 is 10.6. The van der Waals surface area contributed by atoms with E-state index in [1.165, 1.54) is 0 Å². The number of para-hydroxylation sites is 2. The molecule has 0 bridgehead atoms. The Morgan fingerprint density at radius 1 is 1.16 bits per heavy atom. The monoisotopic (exact) mass is 450 g/mol. The first-order valence-electron chi connectivity index (χ1n) is 7.47. The fourth-order valence-electron chi connectivity index (χ4n) is 2.22. The first-order chi connectivity index (χ1) is 11.8. The molecule has 0 atom stereocenters. The number of nitrogens with zero attached hydrogens (tertiary/aromatic N) is 2. The molecule has 3 rings (SSSR count). The van der Waals surface area contributed by atoms with E-state index < -0.39 is 0 Å². The van der Waals surface area contributed by atoms with Crippen LogP contribution in [0.5, 0.6) is 5.75 Å². The zero-order valence-corrected chi connectivity index (χ0v) is 16.0. The third-order valence-corrected chi connectivity index (χ3v) is 3.40. The van der Waals surface area contributed by atoms with Crippen LogP contribution in [0.1, 0.15) is 5.69 Å². The fourth-order valence-corrected chi connectivity index (χ4v) is 2.22. The second-order valence-corrected chi connectivity index (χ2v) is 5.08. The maximum absolute atomic E-state index is 5.92. The van der Waals surface area contributed by atoms with E-state index in [1.807, 2.05) is 60.7 Å². The van der Waals surface area contributed by atoms with Gasteiger partial charge in [-0.3, -0.25) is 0 Å². The number of nitrogens with one attached hydrogen (secondary N) is 1. The van der Waals surface area contributed by atoms with Crippen LogP contribution in [0.3, 0.4) is 0 Å². The summed E-state index contributed by atoms with van der Waals surface area (Å²) >= 11 is 0. The molecule has 0 saturated carbocycles. The van der Waals surface area contributed by atoms with Crippen LogP contribution >= 0.6 is 24.0 Å². The molecular formula is C18H19IN4O2. The molecule has 0 spiro atoms. The highest BCUT2D eigenvalue weighted by Gasteiger charge is 2.06. The number of anilines is 1. The lowest BCUT2D eigenvalue weighted by atomic mass is 10.2. The minimum Gasteiger partial charge on any atom is -0.495 e. The fraction of sp³-hybridized carbons (Fsp3) is 0.111. The van der Waals surface area contributed by atoms with E-state index in [0.717, 1.165) is 11.3 Å². The molecule has 7 heteroatoms. The number of nitrogens with two attached hydrogens (primary N) is 1. The van der Waals surface area contributed by atoms with Crippen LogP contribution in [-0.4, -0.2) is 18.2 Å². The summed E-state index contributed by atoms with van der Waals surface area (Å²) in [5.74, 6) is 1.68. The summed E-state index contributed by atoms with van der Waals surface area (Å²) in [5.41, 5.74) is 8.36. The van der Waals surface area contributed by atoms with E-state index in [9.17, 15) is 0 Å². The number of rotatable bonds is 5. The second kappa shape index (κ2) is 9.07. The number of hydrogen-bond donors (Lipinski definition) is 2. The Bertz CT molecular complexity index is 834. The van der Waals surface area contributed by atoms with Crippen molar-refractivity contribution in [3.8, 4) is 17.1 Å². The summed E-state index contributed by atoms with van der Waals surface area (Å²) in [7, 11) is 1.61. The van der Waals surface area contributed by atoms with Gasteiger partial charge in [0, 0.05) is 11.6 Å². The number of aromatic nitrogens is 1. The van der Waals surface area contributed by atoms with Gasteiger partial charge in [-0.1, -0.05) is 47.6 Å². The van der Waals surface area contributed by atoms with Crippen LogP contribution in [0.25, 0.3) is 11.3 Å². The van der Waals surface area contributed by atoms with Gasteiger partial charge in [0.2, 0.25) is 0 Å². The molecule has 3 N–H and O–H groups in total. The van der Waals surface area contributed by atoms with Gasteiger partial charge in [0.05, 0.1) is 19.3 Å². The average Bonchev–Trinajstić information content (AvgIpc) is 3.10. The van der Waals surface area contributed by atoms with Gasteiger partial charge in [-0.05, 0) is 12.1 Å². The zero-order valence-electron chi connectivity index (χ0n) is 13.7. The normalized spacial score (nSPS) is 10.8. The Balaban J connectivity index is 0.00000225. The van der Waals surface area contributed by atoms with Crippen molar-refractivity contribution in [3.63, 3.8) is 0 Å². The van der Waals surface area contributed by atoms with Crippen molar-refractivity contribution < 1.29 is 9.26 Å². The molecule has 0 saturated heterocycles. The molecule has 2 aromatic carbocycles. The van der Waals surface area contributed by atoms with Gasteiger partial charge in [-0.15, -0.1) is 24.0 Å². The van der Waals surface area contributed by atoms with Gasteiger partial charge >= 0.3 is 0 Å². The van der Waals surface area contributed by atoms with Gasteiger partial charge in [-0.2, -0.15) is 0 Å². The van der Waals surface area contributed by atoms with Gasteiger partial charge in [0.25, 0.3) is 0 Å². The highest BCUT2D eigenvalue weighted by molar-refractivity contribution is 14.0. The van der Waals surface area contributed by atoms with Crippen molar-refractivity contribution in [2.24, 2.45) is 10.7 Å². The maximum atomic E-state index is 5.92. The third-order valence-electron chi connectivity index (χ3n) is 3.40. The number of ether oxygens (including phenoxy) is 1. The van der Waals surface area contributed by atoms with Gasteiger partial charge in [0.15, 0.2) is 11.7 Å². The molecule has 6 nitrogen and oxygen atoms in total. The molecule has 0 aliphatic rings.